The van der Waals surface area contributed by atoms with Crippen molar-refractivity contribution in [1.82, 2.24) is 0 Å². The number of methoxy groups -OCH3 is 1. The van der Waals surface area contributed by atoms with Gasteiger partial charge in [0, 0.05) is 5.56 Å². The van der Waals surface area contributed by atoms with Crippen LogP contribution in [-0.4, -0.2) is 31.0 Å². The van der Waals surface area contributed by atoms with E-state index in [1.807, 2.05) is 0 Å². The summed E-state index contributed by atoms with van der Waals surface area (Å²) in [6.45, 7) is -3.00. The van der Waals surface area contributed by atoms with Gasteiger partial charge in [0.2, 0.25) is 0 Å². The Morgan fingerprint density at radius 1 is 1.25 bits per heavy atom. The van der Waals surface area contributed by atoms with Crippen molar-refractivity contribution in [3.05, 3.63) is 53.6 Å². The summed E-state index contributed by atoms with van der Waals surface area (Å²) in [5.74, 6) is -0.998. The summed E-state index contributed by atoms with van der Waals surface area (Å²) in [7, 11) is 1.34. The third kappa shape index (κ3) is 4.42. The number of halogens is 2. The number of carboxylic acid groups (broad SMARTS) is 1. The molecule has 0 spiro atoms. The summed E-state index contributed by atoms with van der Waals surface area (Å²) >= 11 is 0. The summed E-state index contributed by atoms with van der Waals surface area (Å²) < 4.78 is 34.5. The molecule has 0 aliphatic heterocycles. The van der Waals surface area contributed by atoms with Gasteiger partial charge in [0.25, 0.3) is 0 Å². The maximum Gasteiger partial charge on any atom is 0.387 e. The summed E-state index contributed by atoms with van der Waals surface area (Å²) in [6.07, 6.45) is 1.30. The quantitative estimate of drug-likeness (QED) is 0.598. The molecule has 6 nitrogen and oxygen atoms in total. The van der Waals surface area contributed by atoms with Gasteiger partial charge in [-0.05, 0) is 36.4 Å². The first kappa shape index (κ1) is 17.2. The van der Waals surface area contributed by atoms with E-state index < -0.39 is 12.6 Å². The number of aromatic carboxylic acids is 1. The van der Waals surface area contributed by atoms with Crippen molar-refractivity contribution in [2.45, 2.75) is 6.61 Å². The molecular formula is C16H14F2N2O4. The first-order valence-corrected chi connectivity index (χ1v) is 6.75. The Morgan fingerprint density at radius 2 is 1.96 bits per heavy atom. The topological polar surface area (TPSA) is 80.2 Å². The van der Waals surface area contributed by atoms with Crippen LogP contribution >= 0.6 is 0 Å². The van der Waals surface area contributed by atoms with Crippen LogP contribution in [0.1, 0.15) is 15.9 Å². The van der Waals surface area contributed by atoms with Crippen LogP contribution in [0, 0.1) is 0 Å². The molecule has 0 amide bonds. The van der Waals surface area contributed by atoms with Crippen LogP contribution in [0.4, 0.5) is 14.5 Å². The maximum atomic E-state index is 12.5. The number of rotatable bonds is 7. The van der Waals surface area contributed by atoms with Crippen LogP contribution < -0.4 is 14.9 Å². The minimum Gasteiger partial charge on any atom is -0.493 e. The molecule has 0 radical (unpaired) electrons. The average Bonchev–Trinajstić information content (AvgIpc) is 2.56. The smallest absolute Gasteiger partial charge is 0.387 e. The van der Waals surface area contributed by atoms with E-state index >= 15 is 0 Å². The molecule has 0 heterocycles. The lowest BCUT2D eigenvalue weighted by atomic mass is 10.2. The minimum absolute atomic E-state index is 0.123. The van der Waals surface area contributed by atoms with E-state index in [4.69, 9.17) is 9.84 Å². The number of nitrogens with one attached hydrogen (secondary N) is 1. The Morgan fingerprint density at radius 3 is 2.54 bits per heavy atom. The van der Waals surface area contributed by atoms with E-state index in [1.54, 1.807) is 12.1 Å². The molecule has 0 saturated heterocycles. The van der Waals surface area contributed by atoms with Gasteiger partial charge in [0.05, 0.1) is 24.6 Å². The minimum atomic E-state index is -3.00. The van der Waals surface area contributed by atoms with Crippen LogP contribution in [0.5, 0.6) is 11.5 Å². The fourth-order valence-electron chi connectivity index (χ4n) is 1.87. The number of carbonyl (C=O) groups is 1. The van der Waals surface area contributed by atoms with E-state index in [1.165, 1.54) is 43.7 Å². The van der Waals surface area contributed by atoms with Gasteiger partial charge in [-0.25, -0.2) is 4.79 Å². The Labute approximate surface area is 136 Å². The largest absolute Gasteiger partial charge is 0.493 e. The van der Waals surface area contributed by atoms with E-state index in [9.17, 15) is 13.6 Å². The van der Waals surface area contributed by atoms with E-state index in [0.29, 0.717) is 11.3 Å². The van der Waals surface area contributed by atoms with Crippen molar-refractivity contribution in [3.63, 3.8) is 0 Å². The summed E-state index contributed by atoms with van der Waals surface area (Å²) in [5, 5.41) is 12.7. The Bertz CT molecular complexity index is 733. The predicted octanol–water partition coefficient (Wildman–Crippen LogP) is 3.44. The highest BCUT2D eigenvalue weighted by Gasteiger charge is 2.14. The highest BCUT2D eigenvalue weighted by atomic mass is 19.3. The molecular weight excluding hydrogens is 322 g/mol. The molecule has 0 fully saturated rings. The normalized spacial score (nSPS) is 10.8. The van der Waals surface area contributed by atoms with Gasteiger partial charge >= 0.3 is 12.6 Å². The van der Waals surface area contributed by atoms with Crippen molar-refractivity contribution in [3.8, 4) is 11.5 Å². The number of hydrogen-bond donors (Lipinski definition) is 2. The molecule has 0 unspecified atom stereocenters. The van der Waals surface area contributed by atoms with Crippen molar-refractivity contribution >= 4 is 17.9 Å². The molecule has 0 atom stereocenters. The van der Waals surface area contributed by atoms with Crippen LogP contribution in [0.3, 0.4) is 0 Å². The molecule has 2 N–H and O–H groups in total. The highest BCUT2D eigenvalue weighted by molar-refractivity contribution is 5.88. The highest BCUT2D eigenvalue weighted by Crippen LogP contribution is 2.31. The number of hydrazone groups is 1. The lowest BCUT2D eigenvalue weighted by Crippen LogP contribution is -2.06. The second-order valence-electron chi connectivity index (χ2n) is 4.51. The molecule has 0 aromatic heterocycles. The monoisotopic (exact) mass is 336 g/mol. The second-order valence-corrected chi connectivity index (χ2v) is 4.51. The summed E-state index contributed by atoms with van der Waals surface area (Å²) in [6, 6.07) is 10.5. The van der Waals surface area contributed by atoms with Crippen LogP contribution in [0.25, 0.3) is 0 Å². The Balaban J connectivity index is 2.15. The van der Waals surface area contributed by atoms with Crippen molar-refractivity contribution in [1.29, 1.82) is 0 Å². The van der Waals surface area contributed by atoms with Crippen LogP contribution in [0.2, 0.25) is 0 Å². The van der Waals surface area contributed by atoms with Gasteiger partial charge in [0.15, 0.2) is 11.5 Å². The Hall–Kier alpha value is -3.16. The van der Waals surface area contributed by atoms with Gasteiger partial charge < -0.3 is 14.6 Å². The van der Waals surface area contributed by atoms with Gasteiger partial charge in [-0.1, -0.05) is 6.07 Å². The van der Waals surface area contributed by atoms with E-state index in [-0.39, 0.29) is 17.1 Å². The summed E-state index contributed by atoms with van der Waals surface area (Å²) in [5.41, 5.74) is 3.65. The number of ether oxygens (including phenoxy) is 2. The van der Waals surface area contributed by atoms with Crippen LogP contribution in [-0.2, 0) is 0 Å². The molecule has 2 aromatic rings. The van der Waals surface area contributed by atoms with Gasteiger partial charge in [0.1, 0.15) is 0 Å². The lowest BCUT2D eigenvalue weighted by molar-refractivity contribution is -0.0513. The molecule has 0 bridgehead atoms. The molecule has 24 heavy (non-hydrogen) atoms. The molecule has 2 aromatic carbocycles. The first-order chi connectivity index (χ1) is 11.5. The number of anilines is 1. The second kappa shape index (κ2) is 7.91. The molecule has 8 heteroatoms. The molecule has 0 aliphatic rings. The number of alkyl halides is 2. The fraction of sp³-hybridized carbons (Fsp3) is 0.125. The maximum absolute atomic E-state index is 12.5. The molecule has 0 aliphatic carbocycles. The van der Waals surface area contributed by atoms with Gasteiger partial charge in [-0.15, -0.1) is 0 Å². The van der Waals surface area contributed by atoms with Crippen LogP contribution in [0.15, 0.2) is 47.6 Å². The zero-order valence-corrected chi connectivity index (χ0v) is 12.6. The molecule has 0 saturated carbocycles. The van der Waals surface area contributed by atoms with Crippen molar-refractivity contribution < 1.29 is 28.2 Å². The predicted molar refractivity (Wildman–Crippen MR) is 84.2 cm³/mol. The molecule has 2 rings (SSSR count). The Kier molecular flexibility index (Phi) is 5.67. The van der Waals surface area contributed by atoms with E-state index in [2.05, 4.69) is 15.3 Å². The third-order valence-electron chi connectivity index (χ3n) is 2.97. The number of nitrogens with zero attached hydrogens (tertiary/aromatic N) is 1. The standard InChI is InChI=1S/C16H14F2N2O4/c1-23-13-4-2-3-11(14(13)24-16(17)18)9-19-20-12-7-5-10(6-8-12)15(21)22/h2-9,16,20H,1H3,(H,21,22)/b19-9-. The average molecular weight is 336 g/mol. The SMILES string of the molecule is COc1cccc(/C=N\Nc2ccc(C(=O)O)cc2)c1OC(F)F. The number of hydrogen-bond acceptors (Lipinski definition) is 5. The van der Waals surface area contributed by atoms with Crippen molar-refractivity contribution in [2.75, 3.05) is 12.5 Å². The molecule has 126 valence electrons. The van der Waals surface area contributed by atoms with E-state index in [0.717, 1.165) is 0 Å². The first-order valence-electron chi connectivity index (χ1n) is 6.75. The lowest BCUT2D eigenvalue weighted by Gasteiger charge is -2.12. The number of para-hydroxylation sites is 1. The number of carboxylic acids is 1. The zero-order chi connectivity index (χ0) is 17.5. The number of benzene rings is 2. The van der Waals surface area contributed by atoms with Crippen molar-refractivity contribution in [2.24, 2.45) is 5.10 Å². The summed E-state index contributed by atoms with van der Waals surface area (Å²) in [4.78, 5) is 10.8. The fourth-order valence-corrected chi connectivity index (χ4v) is 1.87. The third-order valence-corrected chi connectivity index (χ3v) is 2.97. The van der Waals surface area contributed by atoms with Gasteiger partial charge in [-0.2, -0.15) is 13.9 Å². The zero-order valence-electron chi connectivity index (χ0n) is 12.6. The van der Waals surface area contributed by atoms with Gasteiger partial charge in [-0.3, -0.25) is 5.43 Å².